The number of hydrogen-bond acceptors (Lipinski definition) is 2. The van der Waals surface area contributed by atoms with E-state index >= 15 is 0 Å². The third-order valence-electron chi connectivity index (χ3n) is 4.66. The first kappa shape index (κ1) is 22.3. The van der Waals surface area contributed by atoms with Crippen molar-refractivity contribution in [3.63, 3.8) is 0 Å². The van der Waals surface area contributed by atoms with Gasteiger partial charge in [-0.1, -0.05) is 60.5 Å². The number of rotatable bonds is 8. The molecule has 0 aliphatic rings. The van der Waals surface area contributed by atoms with Gasteiger partial charge in [-0.2, -0.15) is 0 Å². The molecule has 0 fully saturated rings. The van der Waals surface area contributed by atoms with E-state index in [0.717, 1.165) is 23.1 Å². The maximum Gasteiger partial charge on any atom is 0.242 e. The summed E-state index contributed by atoms with van der Waals surface area (Å²) in [6.07, 6.45) is 0.988. The number of amides is 2. The summed E-state index contributed by atoms with van der Waals surface area (Å²) in [6, 6.07) is 12.4. The van der Waals surface area contributed by atoms with E-state index < -0.39 is 6.04 Å². The molecule has 2 aromatic carbocycles. The predicted molar refractivity (Wildman–Crippen MR) is 115 cm³/mol. The lowest BCUT2D eigenvalue weighted by Gasteiger charge is -2.29. The Balaban J connectivity index is 2.25. The van der Waals surface area contributed by atoms with Crippen molar-refractivity contribution < 1.29 is 9.59 Å². The van der Waals surface area contributed by atoms with Crippen molar-refractivity contribution in [1.82, 2.24) is 10.2 Å². The van der Waals surface area contributed by atoms with E-state index in [1.54, 1.807) is 30.0 Å². The molecule has 28 heavy (non-hydrogen) atoms. The van der Waals surface area contributed by atoms with Gasteiger partial charge in [-0.25, -0.2) is 0 Å². The van der Waals surface area contributed by atoms with Crippen molar-refractivity contribution in [3.05, 3.63) is 69.2 Å². The van der Waals surface area contributed by atoms with E-state index in [9.17, 15) is 9.59 Å². The summed E-state index contributed by atoms with van der Waals surface area (Å²) in [6.45, 7) is 6.70. The van der Waals surface area contributed by atoms with Crippen LogP contribution in [0, 0.1) is 6.92 Å². The van der Waals surface area contributed by atoms with Crippen molar-refractivity contribution in [2.24, 2.45) is 0 Å². The molecule has 0 unspecified atom stereocenters. The third kappa shape index (κ3) is 5.98. The molecule has 0 bridgehead atoms. The molecular weight excluding hydrogens is 395 g/mol. The first-order valence-corrected chi connectivity index (χ1v) is 10.1. The molecule has 0 aliphatic heterocycles. The van der Waals surface area contributed by atoms with Gasteiger partial charge in [0.05, 0.1) is 16.5 Å². The highest BCUT2D eigenvalue weighted by molar-refractivity contribution is 6.42. The molecule has 0 heterocycles. The Morgan fingerprint density at radius 1 is 1.11 bits per heavy atom. The van der Waals surface area contributed by atoms with Crippen LogP contribution in [-0.2, 0) is 22.6 Å². The second-order valence-electron chi connectivity index (χ2n) is 6.84. The Morgan fingerprint density at radius 2 is 1.82 bits per heavy atom. The first-order chi connectivity index (χ1) is 13.3. The number of carbonyl (C=O) groups excluding carboxylic acids is 2. The van der Waals surface area contributed by atoms with Crippen molar-refractivity contribution >= 4 is 35.0 Å². The van der Waals surface area contributed by atoms with Gasteiger partial charge >= 0.3 is 0 Å². The number of benzene rings is 2. The van der Waals surface area contributed by atoms with Gasteiger partial charge in [0.2, 0.25) is 11.8 Å². The average Bonchev–Trinajstić information content (AvgIpc) is 2.67. The number of carbonyl (C=O) groups is 2. The topological polar surface area (TPSA) is 49.4 Å². The zero-order chi connectivity index (χ0) is 20.7. The number of hydrogen-bond donors (Lipinski definition) is 1. The fraction of sp³-hybridized carbons (Fsp3) is 0.364. The summed E-state index contributed by atoms with van der Waals surface area (Å²) in [4.78, 5) is 27.3. The van der Waals surface area contributed by atoms with E-state index in [1.165, 1.54) is 0 Å². The SMILES string of the molecule is CCCNC(=O)[C@@H](C)N(Cc1ccccc1C)C(=O)Cc1ccc(Cl)c(Cl)c1. The number of nitrogens with one attached hydrogen (secondary N) is 1. The second-order valence-corrected chi connectivity index (χ2v) is 7.65. The summed E-state index contributed by atoms with van der Waals surface area (Å²) in [5.74, 6) is -0.293. The van der Waals surface area contributed by atoms with Gasteiger partial charge < -0.3 is 10.2 Å². The van der Waals surface area contributed by atoms with Crippen LogP contribution >= 0.6 is 23.2 Å². The number of nitrogens with zero attached hydrogens (tertiary/aromatic N) is 1. The lowest BCUT2D eigenvalue weighted by Crippen LogP contribution is -2.48. The highest BCUT2D eigenvalue weighted by Crippen LogP contribution is 2.23. The summed E-state index contributed by atoms with van der Waals surface area (Å²) in [5, 5.41) is 3.73. The maximum absolute atomic E-state index is 13.1. The van der Waals surface area contributed by atoms with Crippen LogP contribution < -0.4 is 5.32 Å². The minimum atomic E-state index is -0.582. The van der Waals surface area contributed by atoms with Crippen molar-refractivity contribution in [2.75, 3.05) is 6.54 Å². The van der Waals surface area contributed by atoms with E-state index in [0.29, 0.717) is 23.1 Å². The predicted octanol–water partition coefficient (Wildman–Crippen LogP) is 4.79. The van der Waals surface area contributed by atoms with Crippen molar-refractivity contribution in [3.8, 4) is 0 Å². The second kappa shape index (κ2) is 10.5. The Morgan fingerprint density at radius 3 is 2.46 bits per heavy atom. The normalized spacial score (nSPS) is 11.8. The molecule has 150 valence electrons. The molecule has 4 nitrogen and oxygen atoms in total. The van der Waals surface area contributed by atoms with Gasteiger partial charge in [-0.05, 0) is 49.1 Å². The molecule has 2 aromatic rings. The third-order valence-corrected chi connectivity index (χ3v) is 5.40. The lowest BCUT2D eigenvalue weighted by molar-refractivity contribution is -0.140. The van der Waals surface area contributed by atoms with E-state index in [4.69, 9.17) is 23.2 Å². The van der Waals surface area contributed by atoms with Gasteiger partial charge in [0.15, 0.2) is 0 Å². The quantitative estimate of drug-likeness (QED) is 0.667. The molecule has 0 spiro atoms. The van der Waals surface area contributed by atoms with Gasteiger partial charge in [0, 0.05) is 13.1 Å². The van der Waals surface area contributed by atoms with Crippen LogP contribution in [-0.4, -0.2) is 29.3 Å². The molecule has 0 saturated carbocycles. The molecule has 1 N–H and O–H groups in total. The Kier molecular flexibility index (Phi) is 8.34. The molecule has 0 aromatic heterocycles. The highest BCUT2D eigenvalue weighted by Gasteiger charge is 2.26. The maximum atomic E-state index is 13.1. The molecule has 2 amide bonds. The van der Waals surface area contributed by atoms with Crippen LogP contribution in [0.5, 0.6) is 0 Å². The fourth-order valence-corrected chi connectivity index (χ4v) is 3.20. The van der Waals surface area contributed by atoms with Crippen LogP contribution in [0.15, 0.2) is 42.5 Å². The van der Waals surface area contributed by atoms with Crippen LogP contribution in [0.2, 0.25) is 10.0 Å². The van der Waals surface area contributed by atoms with Gasteiger partial charge in [-0.3, -0.25) is 9.59 Å². The lowest BCUT2D eigenvalue weighted by atomic mass is 10.1. The molecule has 0 radical (unpaired) electrons. The first-order valence-electron chi connectivity index (χ1n) is 9.39. The van der Waals surface area contributed by atoms with Crippen LogP contribution in [0.25, 0.3) is 0 Å². The summed E-state index contributed by atoms with van der Waals surface area (Å²) >= 11 is 12.0. The standard InChI is InChI=1S/C22H26Cl2N2O2/c1-4-11-25-22(28)16(3)26(14-18-8-6-5-7-15(18)2)21(27)13-17-9-10-19(23)20(24)12-17/h5-10,12,16H,4,11,13-14H2,1-3H3,(H,25,28)/t16-/m1/s1. The molecule has 0 aliphatic carbocycles. The van der Waals surface area contributed by atoms with E-state index in [1.807, 2.05) is 38.1 Å². The Hall–Kier alpha value is -2.04. The summed E-state index contributed by atoms with van der Waals surface area (Å²) < 4.78 is 0. The zero-order valence-corrected chi connectivity index (χ0v) is 18.0. The smallest absolute Gasteiger partial charge is 0.242 e. The molecule has 1 atom stereocenters. The molecule has 6 heteroatoms. The van der Waals surface area contributed by atoms with Gasteiger partial charge in [-0.15, -0.1) is 0 Å². The van der Waals surface area contributed by atoms with Crippen LogP contribution in [0.4, 0.5) is 0 Å². The van der Waals surface area contributed by atoms with Gasteiger partial charge in [0.1, 0.15) is 6.04 Å². The fourth-order valence-electron chi connectivity index (χ4n) is 2.88. The van der Waals surface area contributed by atoms with Gasteiger partial charge in [0.25, 0.3) is 0 Å². The summed E-state index contributed by atoms with van der Waals surface area (Å²) in [7, 11) is 0. The molecule has 2 rings (SSSR count). The monoisotopic (exact) mass is 420 g/mol. The summed E-state index contributed by atoms with van der Waals surface area (Å²) in [5.41, 5.74) is 2.85. The van der Waals surface area contributed by atoms with Crippen molar-refractivity contribution in [1.29, 1.82) is 0 Å². The largest absolute Gasteiger partial charge is 0.354 e. The Bertz CT molecular complexity index is 839. The molecular formula is C22H26Cl2N2O2. The number of halogens is 2. The van der Waals surface area contributed by atoms with Crippen LogP contribution in [0.3, 0.4) is 0 Å². The highest BCUT2D eigenvalue weighted by atomic mass is 35.5. The van der Waals surface area contributed by atoms with Crippen LogP contribution in [0.1, 0.15) is 37.0 Å². The number of aryl methyl sites for hydroxylation is 1. The Labute approximate surface area is 176 Å². The zero-order valence-electron chi connectivity index (χ0n) is 16.5. The minimum Gasteiger partial charge on any atom is -0.354 e. The minimum absolute atomic E-state index is 0.138. The van der Waals surface area contributed by atoms with E-state index in [-0.39, 0.29) is 18.2 Å². The van der Waals surface area contributed by atoms with Crippen molar-refractivity contribution in [2.45, 2.75) is 46.2 Å². The van der Waals surface area contributed by atoms with E-state index in [2.05, 4.69) is 5.32 Å². The molecule has 0 saturated heterocycles. The average molecular weight is 421 g/mol.